The number of halogens is 3. The van der Waals surface area contributed by atoms with Crippen LogP contribution < -0.4 is 10.6 Å². The second-order valence-electron chi connectivity index (χ2n) is 5.90. The van der Waals surface area contributed by atoms with Crippen molar-refractivity contribution in [3.05, 3.63) is 11.5 Å². The van der Waals surface area contributed by atoms with E-state index in [1.165, 1.54) is 6.21 Å². The van der Waals surface area contributed by atoms with Gasteiger partial charge in [-0.3, -0.25) is 4.79 Å². The van der Waals surface area contributed by atoms with Crippen molar-refractivity contribution < 1.29 is 22.7 Å². The Morgan fingerprint density at radius 1 is 1.48 bits per heavy atom. The Morgan fingerprint density at radius 3 is 2.48 bits per heavy atom. The van der Waals surface area contributed by atoms with Crippen LogP contribution in [-0.4, -0.2) is 38.0 Å². The van der Waals surface area contributed by atoms with Crippen molar-refractivity contribution in [3.8, 4) is 0 Å². The van der Waals surface area contributed by atoms with Crippen molar-refractivity contribution in [3.63, 3.8) is 0 Å². The van der Waals surface area contributed by atoms with E-state index in [2.05, 4.69) is 5.32 Å². The largest absolute Gasteiger partial charge is 0.479 e. The summed E-state index contributed by atoms with van der Waals surface area (Å²) in [6, 6.07) is 0. The lowest BCUT2D eigenvalue weighted by atomic mass is 9.87. The molecule has 1 unspecified atom stereocenters. The number of alkyl halides is 3. The van der Waals surface area contributed by atoms with Crippen LogP contribution in [0.15, 0.2) is 11.5 Å². The molecule has 0 saturated carbocycles. The van der Waals surface area contributed by atoms with Crippen LogP contribution in [0.5, 0.6) is 0 Å². The molecule has 0 aromatic heterocycles. The van der Waals surface area contributed by atoms with Gasteiger partial charge in [-0.15, -0.1) is 0 Å². The molecule has 0 aliphatic carbocycles. The summed E-state index contributed by atoms with van der Waals surface area (Å²) in [5.74, 6) is -1.73. The van der Waals surface area contributed by atoms with Crippen LogP contribution in [0.25, 0.3) is 0 Å². The Balaban J connectivity index is 2.55. The molecule has 1 heterocycles. The Labute approximate surface area is 121 Å². The first-order valence-electron chi connectivity index (χ1n) is 6.52. The van der Waals surface area contributed by atoms with E-state index in [-0.39, 0.29) is 24.5 Å². The van der Waals surface area contributed by atoms with Crippen LogP contribution in [0.3, 0.4) is 0 Å². The van der Waals surface area contributed by atoms with Gasteiger partial charge in [0.05, 0.1) is 6.61 Å². The van der Waals surface area contributed by atoms with Gasteiger partial charge in [0.15, 0.2) is 5.88 Å². The summed E-state index contributed by atoms with van der Waals surface area (Å²) in [5.41, 5.74) is 0.404. The maximum absolute atomic E-state index is 12.1. The molecule has 120 valence electrons. The molecule has 1 rings (SSSR count). The van der Waals surface area contributed by atoms with Crippen molar-refractivity contribution in [2.75, 3.05) is 19.7 Å². The first kappa shape index (κ1) is 17.3. The Bertz CT molecular complexity index is 429. The summed E-state index contributed by atoms with van der Waals surface area (Å²) in [6.07, 6.45) is -3.66. The third kappa shape index (κ3) is 4.95. The summed E-state index contributed by atoms with van der Waals surface area (Å²) < 4.78 is 41.6. The van der Waals surface area contributed by atoms with Gasteiger partial charge < -0.3 is 20.8 Å². The number of carbonyl (C=O) groups is 1. The number of hydrogen-bond acceptors (Lipinski definition) is 4. The van der Waals surface area contributed by atoms with Gasteiger partial charge in [0.25, 0.3) is 0 Å². The molecule has 5 nitrogen and oxygen atoms in total. The number of ether oxygens (including phenoxy) is 1. The first-order valence-corrected chi connectivity index (χ1v) is 6.52. The minimum absolute atomic E-state index is 0.117. The second kappa shape index (κ2) is 6.36. The minimum Gasteiger partial charge on any atom is -0.479 e. The van der Waals surface area contributed by atoms with E-state index >= 15 is 0 Å². The number of nitrogens with one attached hydrogen (secondary N) is 3. The zero-order valence-electron chi connectivity index (χ0n) is 12.2. The van der Waals surface area contributed by atoms with Gasteiger partial charge in [0, 0.05) is 30.8 Å². The number of amides is 1. The van der Waals surface area contributed by atoms with Crippen LogP contribution in [0.4, 0.5) is 13.2 Å². The zero-order chi connectivity index (χ0) is 16.3. The monoisotopic (exact) mass is 307 g/mol. The van der Waals surface area contributed by atoms with Gasteiger partial charge >= 0.3 is 12.1 Å². The first-order chi connectivity index (χ1) is 9.55. The van der Waals surface area contributed by atoms with Crippen molar-refractivity contribution in [1.29, 1.82) is 5.41 Å². The lowest BCUT2D eigenvalue weighted by Gasteiger charge is -2.31. The highest BCUT2D eigenvalue weighted by Crippen LogP contribution is 2.27. The molecule has 8 heteroatoms. The molecule has 1 saturated heterocycles. The molecule has 21 heavy (non-hydrogen) atoms. The second-order valence-corrected chi connectivity index (χ2v) is 5.90. The molecule has 3 N–H and O–H groups in total. The molecule has 1 aliphatic rings. The highest BCUT2D eigenvalue weighted by atomic mass is 19.4. The molecule has 0 aromatic carbocycles. The molecule has 0 bridgehead atoms. The molecule has 1 amide bonds. The van der Waals surface area contributed by atoms with E-state index in [4.69, 9.17) is 10.1 Å². The topological polar surface area (TPSA) is 74.2 Å². The van der Waals surface area contributed by atoms with Crippen molar-refractivity contribution in [2.24, 2.45) is 11.3 Å². The van der Waals surface area contributed by atoms with Gasteiger partial charge in [-0.2, -0.15) is 13.2 Å². The summed E-state index contributed by atoms with van der Waals surface area (Å²) >= 11 is 0. The van der Waals surface area contributed by atoms with Gasteiger partial charge in [0.2, 0.25) is 0 Å². The van der Waals surface area contributed by atoms with Crippen LogP contribution in [0.1, 0.15) is 20.8 Å². The van der Waals surface area contributed by atoms with E-state index in [1.807, 2.05) is 26.1 Å². The summed E-state index contributed by atoms with van der Waals surface area (Å²) in [4.78, 5) is 10.7. The van der Waals surface area contributed by atoms with E-state index < -0.39 is 12.1 Å². The quantitative estimate of drug-likeness (QED) is 0.696. The molecular formula is C13H20F3N3O2. The summed E-state index contributed by atoms with van der Waals surface area (Å²) in [7, 11) is 0. The molecule has 0 spiro atoms. The van der Waals surface area contributed by atoms with Crippen molar-refractivity contribution in [2.45, 2.75) is 26.9 Å². The van der Waals surface area contributed by atoms with Crippen LogP contribution in [0.2, 0.25) is 0 Å². The smallest absolute Gasteiger partial charge is 0.471 e. The van der Waals surface area contributed by atoms with Crippen LogP contribution >= 0.6 is 0 Å². The zero-order valence-corrected chi connectivity index (χ0v) is 12.2. The third-order valence-electron chi connectivity index (χ3n) is 3.02. The lowest BCUT2D eigenvalue weighted by Crippen LogP contribution is -2.45. The summed E-state index contributed by atoms with van der Waals surface area (Å²) in [6.45, 7) is 6.24. The van der Waals surface area contributed by atoms with E-state index in [0.29, 0.717) is 18.0 Å². The molecule has 0 radical (unpaired) electrons. The van der Waals surface area contributed by atoms with Crippen molar-refractivity contribution >= 4 is 12.1 Å². The standard InChI is InChI=1S/C13H20F3N3O2/c1-12(2,3)9(4-17)10-18-5-8(7-21-10)6-19-11(20)13(14,15)16/h4,8,17-18H,5-7H2,1-3H3,(H,19,20)/b10-9-,17-4?. The van der Waals surface area contributed by atoms with E-state index in [1.54, 1.807) is 0 Å². The van der Waals surface area contributed by atoms with Gasteiger partial charge in [-0.25, -0.2) is 0 Å². The minimum atomic E-state index is -4.87. The molecule has 1 aliphatic heterocycles. The van der Waals surface area contributed by atoms with Crippen LogP contribution in [-0.2, 0) is 9.53 Å². The van der Waals surface area contributed by atoms with Gasteiger partial charge in [0.1, 0.15) is 0 Å². The fourth-order valence-corrected chi connectivity index (χ4v) is 1.81. The van der Waals surface area contributed by atoms with Crippen LogP contribution in [0, 0.1) is 16.7 Å². The van der Waals surface area contributed by atoms with E-state index in [9.17, 15) is 18.0 Å². The Hall–Kier alpha value is -1.73. The molecular weight excluding hydrogens is 287 g/mol. The number of hydrogen-bond donors (Lipinski definition) is 3. The number of allylic oxidation sites excluding steroid dienone is 1. The van der Waals surface area contributed by atoms with E-state index in [0.717, 1.165) is 0 Å². The Morgan fingerprint density at radius 2 is 2.10 bits per heavy atom. The highest BCUT2D eigenvalue weighted by Gasteiger charge is 2.38. The predicted octanol–water partition coefficient (Wildman–Crippen LogP) is 1.81. The maximum atomic E-state index is 12.1. The van der Waals surface area contributed by atoms with Crippen molar-refractivity contribution in [1.82, 2.24) is 10.6 Å². The fourth-order valence-electron chi connectivity index (χ4n) is 1.81. The molecule has 1 fully saturated rings. The van der Waals surface area contributed by atoms with Gasteiger partial charge in [-0.1, -0.05) is 20.8 Å². The lowest BCUT2D eigenvalue weighted by molar-refractivity contribution is -0.173. The third-order valence-corrected chi connectivity index (χ3v) is 3.02. The number of rotatable bonds is 3. The average Bonchev–Trinajstić information content (AvgIpc) is 2.35. The Kier molecular flexibility index (Phi) is 5.25. The number of carbonyl (C=O) groups excluding carboxylic acids is 1. The highest BCUT2D eigenvalue weighted by molar-refractivity contribution is 5.81. The summed E-state index contributed by atoms with van der Waals surface area (Å²) in [5, 5.41) is 12.2. The average molecular weight is 307 g/mol. The normalized spacial score (nSPS) is 21.9. The molecule has 1 atom stereocenters. The molecule has 0 aromatic rings. The predicted molar refractivity (Wildman–Crippen MR) is 71.8 cm³/mol. The van der Waals surface area contributed by atoms with Gasteiger partial charge in [-0.05, 0) is 5.41 Å². The maximum Gasteiger partial charge on any atom is 0.471 e. The SMILES string of the molecule is CC(C)(C)/C(C=N)=C1/NCC(CNC(=O)C(F)(F)F)CO1. The fraction of sp³-hybridized carbons (Fsp3) is 0.692.